The van der Waals surface area contributed by atoms with Crippen molar-refractivity contribution in [1.29, 1.82) is 0 Å². The molecule has 2 N–H and O–H groups in total. The summed E-state index contributed by atoms with van der Waals surface area (Å²) in [5.74, 6) is -0.981. The van der Waals surface area contributed by atoms with E-state index in [1.54, 1.807) is 0 Å². The minimum atomic E-state index is -4.87. The van der Waals surface area contributed by atoms with E-state index in [4.69, 9.17) is 0 Å². The van der Waals surface area contributed by atoms with Gasteiger partial charge in [0.2, 0.25) is 0 Å². The van der Waals surface area contributed by atoms with Crippen LogP contribution in [0.3, 0.4) is 0 Å². The average Bonchev–Trinajstić information content (AvgIpc) is 3.51. The average molecular weight is 485 g/mol. The fourth-order valence-corrected chi connectivity index (χ4v) is 4.15. The first kappa shape index (κ1) is 22.8. The van der Waals surface area contributed by atoms with Crippen LogP contribution in [0, 0.1) is 0 Å². The van der Waals surface area contributed by atoms with Gasteiger partial charge < -0.3 is 9.64 Å². The minimum Gasteiger partial charge on any atom is -0.406 e. The van der Waals surface area contributed by atoms with Crippen LogP contribution in [0.1, 0.15) is 18.4 Å². The first-order valence-corrected chi connectivity index (χ1v) is 11.1. The van der Waals surface area contributed by atoms with Gasteiger partial charge in [0.1, 0.15) is 11.3 Å². The maximum atomic E-state index is 13.2. The van der Waals surface area contributed by atoms with Crippen LogP contribution in [-0.4, -0.2) is 49.2 Å². The third-order valence-corrected chi connectivity index (χ3v) is 6.37. The van der Waals surface area contributed by atoms with Crippen molar-refractivity contribution in [2.75, 3.05) is 16.7 Å². The Balaban J connectivity index is 1.60. The standard InChI is InChI=1S/C19H18F3N5O5S/c1-23-33(30,31)25-15-10-24-9-6-12(15)11-26-17(29)27(16(28)18(26)7-8-18)13-2-4-14(5-3-13)32-19(20,21)22/h2-6,9-10,23,25H,7-8,11H2,1H3. The number of alkyl halides is 3. The van der Waals surface area contributed by atoms with Crippen LogP contribution in [-0.2, 0) is 21.5 Å². The number of carbonyl (C=O) groups excluding carboxylic acids is 2. The highest BCUT2D eigenvalue weighted by atomic mass is 32.2. The number of imide groups is 1. The van der Waals surface area contributed by atoms with Crippen molar-refractivity contribution in [2.24, 2.45) is 0 Å². The predicted octanol–water partition coefficient (Wildman–Crippen LogP) is 2.36. The number of rotatable bonds is 7. The van der Waals surface area contributed by atoms with Crippen molar-refractivity contribution < 1.29 is 35.9 Å². The number of ether oxygens (including phenoxy) is 1. The first-order valence-electron chi connectivity index (χ1n) is 9.62. The van der Waals surface area contributed by atoms with Gasteiger partial charge in [0, 0.05) is 13.2 Å². The number of nitrogens with zero attached hydrogens (tertiary/aromatic N) is 3. The van der Waals surface area contributed by atoms with Gasteiger partial charge in [-0.1, -0.05) is 0 Å². The molecule has 3 amide bonds. The zero-order valence-corrected chi connectivity index (χ0v) is 17.9. The molecule has 2 fully saturated rings. The Morgan fingerprint density at radius 1 is 1.15 bits per heavy atom. The molecular formula is C19H18F3N5O5S. The van der Waals surface area contributed by atoms with Gasteiger partial charge in [-0.2, -0.15) is 8.42 Å². The summed E-state index contributed by atoms with van der Waals surface area (Å²) < 4.78 is 69.2. The number of amides is 3. The summed E-state index contributed by atoms with van der Waals surface area (Å²) in [5, 5.41) is 0. The van der Waals surface area contributed by atoms with E-state index in [1.165, 1.54) is 42.5 Å². The number of anilines is 2. The van der Waals surface area contributed by atoms with Gasteiger partial charge in [-0.3, -0.25) is 14.5 Å². The summed E-state index contributed by atoms with van der Waals surface area (Å²) in [6, 6.07) is 5.26. The lowest BCUT2D eigenvalue weighted by Gasteiger charge is -2.23. The number of pyridine rings is 1. The van der Waals surface area contributed by atoms with Crippen LogP contribution >= 0.6 is 0 Å². The Bertz CT molecular complexity index is 1200. The van der Waals surface area contributed by atoms with Crippen LogP contribution in [0.4, 0.5) is 29.3 Å². The number of hydrogen-bond donors (Lipinski definition) is 2. The molecule has 2 aliphatic rings. The van der Waals surface area contributed by atoms with Gasteiger partial charge in [-0.25, -0.2) is 14.4 Å². The number of carbonyl (C=O) groups is 2. The lowest BCUT2D eigenvalue weighted by molar-refractivity contribution is -0.274. The SMILES string of the molecule is CNS(=O)(=O)Nc1cnccc1CN1C(=O)N(c2ccc(OC(F)(F)F)cc2)C(=O)C12CC2. The molecule has 4 rings (SSSR count). The van der Waals surface area contributed by atoms with Crippen LogP contribution in [0.25, 0.3) is 0 Å². The molecule has 1 aliphatic carbocycles. The van der Waals surface area contributed by atoms with Crippen LogP contribution < -0.4 is 19.1 Å². The summed E-state index contributed by atoms with van der Waals surface area (Å²) in [6.45, 7) is -0.0829. The largest absolute Gasteiger partial charge is 0.573 e. The maximum absolute atomic E-state index is 13.2. The number of halogens is 3. The monoisotopic (exact) mass is 485 g/mol. The van der Waals surface area contributed by atoms with E-state index in [-0.39, 0.29) is 17.9 Å². The molecule has 1 aromatic carbocycles. The summed E-state index contributed by atoms with van der Waals surface area (Å²) in [5.41, 5.74) is -0.443. The van der Waals surface area contributed by atoms with Gasteiger partial charge >= 0.3 is 12.4 Å². The summed E-state index contributed by atoms with van der Waals surface area (Å²) in [4.78, 5) is 32.4. The molecule has 1 aromatic heterocycles. The van der Waals surface area contributed by atoms with Crippen molar-refractivity contribution in [2.45, 2.75) is 31.3 Å². The third-order valence-electron chi connectivity index (χ3n) is 5.35. The summed E-state index contributed by atoms with van der Waals surface area (Å²) in [7, 11) is -2.62. The molecule has 0 atom stereocenters. The fraction of sp³-hybridized carbons (Fsp3) is 0.316. The van der Waals surface area contributed by atoms with E-state index in [1.807, 2.05) is 0 Å². The topological polar surface area (TPSA) is 121 Å². The molecular weight excluding hydrogens is 467 g/mol. The molecule has 0 unspecified atom stereocenters. The lowest BCUT2D eigenvalue weighted by Crippen LogP contribution is -2.37. The van der Waals surface area contributed by atoms with Gasteiger partial charge in [0.25, 0.3) is 16.1 Å². The number of nitrogens with one attached hydrogen (secondary N) is 2. The van der Waals surface area contributed by atoms with Crippen molar-refractivity contribution in [3.8, 4) is 5.75 Å². The smallest absolute Gasteiger partial charge is 0.406 e. The first-order chi connectivity index (χ1) is 15.5. The van der Waals surface area contributed by atoms with Crippen LogP contribution in [0.5, 0.6) is 5.75 Å². The van der Waals surface area contributed by atoms with Crippen molar-refractivity contribution in [3.63, 3.8) is 0 Å². The Hall–Kier alpha value is -3.39. The molecule has 33 heavy (non-hydrogen) atoms. The molecule has 1 spiro atoms. The molecule has 1 saturated carbocycles. The molecule has 10 nitrogen and oxygen atoms in total. The highest BCUT2D eigenvalue weighted by molar-refractivity contribution is 7.90. The zero-order chi connectivity index (χ0) is 24.0. The van der Waals surface area contributed by atoms with Gasteiger partial charge in [-0.05, 0) is 48.7 Å². The number of urea groups is 1. The van der Waals surface area contributed by atoms with Crippen molar-refractivity contribution >= 4 is 33.5 Å². The Kier molecular flexibility index (Phi) is 5.44. The van der Waals surface area contributed by atoms with Crippen molar-refractivity contribution in [1.82, 2.24) is 14.6 Å². The Labute approximate surface area is 186 Å². The molecule has 2 aromatic rings. The van der Waals surface area contributed by atoms with E-state index in [9.17, 15) is 31.2 Å². The molecule has 0 bridgehead atoms. The third kappa shape index (κ3) is 4.43. The predicted molar refractivity (Wildman–Crippen MR) is 109 cm³/mol. The van der Waals surface area contributed by atoms with E-state index < -0.39 is 39.8 Å². The fourth-order valence-electron chi connectivity index (χ4n) is 3.58. The summed E-state index contributed by atoms with van der Waals surface area (Å²) >= 11 is 0. The molecule has 176 valence electrons. The Morgan fingerprint density at radius 3 is 2.39 bits per heavy atom. The Morgan fingerprint density at radius 2 is 1.82 bits per heavy atom. The second kappa shape index (κ2) is 7.88. The number of benzene rings is 1. The van der Waals surface area contributed by atoms with E-state index in [2.05, 4.69) is 19.2 Å². The highest BCUT2D eigenvalue weighted by Gasteiger charge is 2.65. The van der Waals surface area contributed by atoms with Crippen LogP contribution in [0.2, 0.25) is 0 Å². The van der Waals surface area contributed by atoms with Crippen molar-refractivity contribution in [3.05, 3.63) is 48.3 Å². The second-order valence-electron chi connectivity index (χ2n) is 7.43. The zero-order valence-electron chi connectivity index (χ0n) is 17.1. The van der Waals surface area contributed by atoms with E-state index in [0.29, 0.717) is 18.4 Å². The van der Waals surface area contributed by atoms with E-state index in [0.717, 1.165) is 17.0 Å². The molecule has 1 saturated heterocycles. The van der Waals surface area contributed by atoms with E-state index >= 15 is 0 Å². The highest BCUT2D eigenvalue weighted by Crippen LogP contribution is 2.50. The molecule has 2 heterocycles. The lowest BCUT2D eigenvalue weighted by atomic mass is 10.1. The van der Waals surface area contributed by atoms with Gasteiger partial charge in [0.15, 0.2) is 0 Å². The maximum Gasteiger partial charge on any atom is 0.573 e. The summed E-state index contributed by atoms with van der Waals surface area (Å²) in [6.07, 6.45) is -1.35. The van der Waals surface area contributed by atoms with Gasteiger partial charge in [-0.15, -0.1) is 13.2 Å². The second-order valence-corrected chi connectivity index (χ2v) is 9.04. The molecule has 1 aliphatic heterocycles. The number of aromatic nitrogens is 1. The normalized spacial score (nSPS) is 17.6. The van der Waals surface area contributed by atoms with Gasteiger partial charge in [0.05, 0.1) is 24.1 Å². The van der Waals surface area contributed by atoms with Crippen LogP contribution in [0.15, 0.2) is 42.7 Å². The molecule has 14 heteroatoms. The number of hydrogen-bond acceptors (Lipinski definition) is 6. The molecule has 0 radical (unpaired) electrons. The quantitative estimate of drug-likeness (QED) is 0.581. The minimum absolute atomic E-state index is 0.0829.